The summed E-state index contributed by atoms with van der Waals surface area (Å²) in [5.74, 6) is 0.159. The number of hydrogen-bond acceptors (Lipinski definition) is 3. The van der Waals surface area contributed by atoms with Crippen molar-refractivity contribution in [1.82, 2.24) is 4.90 Å². The van der Waals surface area contributed by atoms with Gasteiger partial charge in [0, 0.05) is 18.8 Å². The number of carbonyl (C=O) groups excluding carboxylic acids is 1. The Balaban J connectivity index is 2.42. The molecule has 0 radical (unpaired) electrons. The Kier molecular flexibility index (Phi) is 3.59. The number of thioether (sulfide) groups is 1. The largest absolute Gasteiger partial charge is 0.481 e. The molecule has 1 amide bonds. The van der Waals surface area contributed by atoms with Gasteiger partial charge in [-0.1, -0.05) is 6.92 Å². The minimum Gasteiger partial charge on any atom is -0.481 e. The highest BCUT2D eigenvalue weighted by Gasteiger charge is 2.22. The molecule has 0 saturated carbocycles. The van der Waals surface area contributed by atoms with Crippen LogP contribution in [0.2, 0.25) is 0 Å². The first-order chi connectivity index (χ1) is 6.11. The maximum absolute atomic E-state index is 11.3. The van der Waals surface area contributed by atoms with Gasteiger partial charge in [-0.15, -0.1) is 0 Å². The quantitative estimate of drug-likeness (QED) is 0.716. The van der Waals surface area contributed by atoms with Crippen molar-refractivity contribution in [3.8, 4) is 0 Å². The topological polar surface area (TPSA) is 57.6 Å². The van der Waals surface area contributed by atoms with Gasteiger partial charge in [0.1, 0.15) is 0 Å². The van der Waals surface area contributed by atoms with Crippen LogP contribution in [0.4, 0.5) is 0 Å². The van der Waals surface area contributed by atoms with Gasteiger partial charge in [0.2, 0.25) is 5.91 Å². The van der Waals surface area contributed by atoms with Gasteiger partial charge in [-0.2, -0.15) is 11.8 Å². The number of amides is 1. The van der Waals surface area contributed by atoms with Gasteiger partial charge in [-0.3, -0.25) is 9.59 Å². The maximum atomic E-state index is 11.3. The summed E-state index contributed by atoms with van der Waals surface area (Å²) in [5, 5.41) is 8.66. The third kappa shape index (κ3) is 2.91. The molecule has 74 valence electrons. The van der Waals surface area contributed by atoms with Crippen molar-refractivity contribution in [1.29, 1.82) is 0 Å². The van der Waals surface area contributed by atoms with Gasteiger partial charge in [0.05, 0.1) is 11.7 Å². The van der Waals surface area contributed by atoms with E-state index < -0.39 is 11.9 Å². The average Bonchev–Trinajstić information content (AvgIpc) is 2.08. The number of carboxylic acid groups (broad SMARTS) is 1. The Morgan fingerprint density at radius 1 is 1.77 bits per heavy atom. The summed E-state index contributed by atoms with van der Waals surface area (Å²) in [6, 6.07) is 0. The van der Waals surface area contributed by atoms with Crippen LogP contribution in [0.3, 0.4) is 0 Å². The van der Waals surface area contributed by atoms with Crippen molar-refractivity contribution in [3.63, 3.8) is 0 Å². The number of carbonyl (C=O) groups is 2. The van der Waals surface area contributed by atoms with Gasteiger partial charge in [0.15, 0.2) is 0 Å². The molecule has 1 aliphatic rings. The molecule has 1 heterocycles. The summed E-state index contributed by atoms with van der Waals surface area (Å²) in [7, 11) is 0. The predicted octanol–water partition coefficient (Wildman–Crippen LogP) is 0.282. The van der Waals surface area contributed by atoms with E-state index >= 15 is 0 Å². The Labute approximate surface area is 81.3 Å². The molecular weight excluding hydrogens is 190 g/mol. The summed E-state index contributed by atoms with van der Waals surface area (Å²) >= 11 is 1.60. The Bertz CT molecular complexity index is 219. The third-order valence-electron chi connectivity index (χ3n) is 2.00. The number of aliphatic carboxylic acids is 1. The molecule has 1 N–H and O–H groups in total. The van der Waals surface area contributed by atoms with Gasteiger partial charge in [0.25, 0.3) is 0 Å². The number of rotatable bonds is 3. The SMILES string of the molecule is CC(CN1CCSCC1=O)C(=O)O. The van der Waals surface area contributed by atoms with Gasteiger partial charge in [-0.25, -0.2) is 0 Å². The summed E-state index contributed by atoms with van der Waals surface area (Å²) < 4.78 is 0. The second-order valence-electron chi connectivity index (χ2n) is 3.13. The fraction of sp³-hybridized carbons (Fsp3) is 0.750. The smallest absolute Gasteiger partial charge is 0.308 e. The first-order valence-electron chi connectivity index (χ1n) is 4.19. The molecule has 4 nitrogen and oxygen atoms in total. The minimum absolute atomic E-state index is 0.0596. The fourth-order valence-corrected chi connectivity index (χ4v) is 2.00. The molecule has 0 aromatic carbocycles. The van der Waals surface area contributed by atoms with Crippen molar-refractivity contribution in [3.05, 3.63) is 0 Å². The van der Waals surface area contributed by atoms with Crippen LogP contribution in [-0.4, -0.2) is 46.5 Å². The molecule has 1 rings (SSSR count). The molecular formula is C8H13NO3S. The second-order valence-corrected chi connectivity index (χ2v) is 4.24. The minimum atomic E-state index is -0.842. The lowest BCUT2D eigenvalue weighted by atomic mass is 10.1. The van der Waals surface area contributed by atoms with Crippen LogP contribution in [0.5, 0.6) is 0 Å². The molecule has 0 aromatic rings. The molecule has 1 aliphatic heterocycles. The molecule has 13 heavy (non-hydrogen) atoms. The molecule has 1 fully saturated rings. The van der Waals surface area contributed by atoms with Crippen molar-refractivity contribution in [2.24, 2.45) is 5.92 Å². The lowest BCUT2D eigenvalue weighted by molar-refractivity contribution is -0.142. The van der Waals surface area contributed by atoms with E-state index in [1.165, 1.54) is 0 Å². The van der Waals surface area contributed by atoms with Gasteiger partial charge >= 0.3 is 5.97 Å². The van der Waals surface area contributed by atoms with Gasteiger partial charge < -0.3 is 10.0 Å². The zero-order valence-corrected chi connectivity index (χ0v) is 8.34. The van der Waals surface area contributed by atoms with Crippen molar-refractivity contribution >= 4 is 23.6 Å². The zero-order chi connectivity index (χ0) is 9.84. The van der Waals surface area contributed by atoms with Crippen LogP contribution >= 0.6 is 11.8 Å². The Hall–Kier alpha value is -0.710. The summed E-state index contributed by atoms with van der Waals surface area (Å²) in [6.07, 6.45) is 0. The highest BCUT2D eigenvalue weighted by molar-refractivity contribution is 8.00. The average molecular weight is 203 g/mol. The van der Waals surface area contributed by atoms with E-state index in [2.05, 4.69) is 0 Å². The van der Waals surface area contributed by atoms with Crippen molar-refractivity contribution in [2.75, 3.05) is 24.6 Å². The van der Waals surface area contributed by atoms with E-state index in [9.17, 15) is 9.59 Å². The first kappa shape index (κ1) is 10.4. The van der Waals surface area contributed by atoms with Crippen molar-refractivity contribution in [2.45, 2.75) is 6.92 Å². The Morgan fingerprint density at radius 3 is 3.00 bits per heavy atom. The summed E-state index contributed by atoms with van der Waals surface area (Å²) in [4.78, 5) is 23.4. The lowest BCUT2D eigenvalue weighted by Crippen LogP contribution is -2.42. The van der Waals surface area contributed by atoms with Crippen LogP contribution in [0.1, 0.15) is 6.92 Å². The van der Waals surface area contributed by atoms with Crippen LogP contribution in [-0.2, 0) is 9.59 Å². The second kappa shape index (κ2) is 4.50. The normalized spacial score (nSPS) is 20.1. The number of hydrogen-bond donors (Lipinski definition) is 1. The summed E-state index contributed by atoms with van der Waals surface area (Å²) in [5.41, 5.74) is 0. The molecule has 5 heteroatoms. The van der Waals surface area contributed by atoms with Crippen LogP contribution in [0.15, 0.2) is 0 Å². The van der Waals surface area contributed by atoms with Crippen LogP contribution in [0.25, 0.3) is 0 Å². The van der Waals surface area contributed by atoms with Crippen LogP contribution in [0, 0.1) is 5.92 Å². The fourth-order valence-electron chi connectivity index (χ4n) is 1.15. The van der Waals surface area contributed by atoms with E-state index in [-0.39, 0.29) is 5.91 Å². The molecule has 1 unspecified atom stereocenters. The first-order valence-corrected chi connectivity index (χ1v) is 5.35. The monoisotopic (exact) mass is 203 g/mol. The van der Waals surface area contributed by atoms with E-state index in [1.54, 1.807) is 23.6 Å². The highest BCUT2D eigenvalue weighted by Crippen LogP contribution is 2.12. The molecule has 1 atom stereocenters. The van der Waals surface area contributed by atoms with E-state index in [4.69, 9.17) is 5.11 Å². The number of nitrogens with zero attached hydrogens (tertiary/aromatic N) is 1. The highest BCUT2D eigenvalue weighted by atomic mass is 32.2. The third-order valence-corrected chi connectivity index (χ3v) is 2.92. The molecule has 0 aliphatic carbocycles. The Morgan fingerprint density at radius 2 is 2.46 bits per heavy atom. The molecule has 0 spiro atoms. The van der Waals surface area contributed by atoms with E-state index in [0.29, 0.717) is 18.8 Å². The maximum Gasteiger partial charge on any atom is 0.308 e. The van der Waals surface area contributed by atoms with Crippen LogP contribution < -0.4 is 0 Å². The number of carboxylic acids is 1. The predicted molar refractivity (Wildman–Crippen MR) is 50.7 cm³/mol. The molecule has 0 aromatic heterocycles. The zero-order valence-electron chi connectivity index (χ0n) is 7.52. The standard InChI is InChI=1S/C8H13NO3S/c1-6(8(11)12)4-9-2-3-13-5-7(9)10/h6H,2-5H2,1H3,(H,11,12). The lowest BCUT2D eigenvalue weighted by Gasteiger charge is -2.27. The molecule has 0 bridgehead atoms. The molecule has 1 saturated heterocycles. The van der Waals surface area contributed by atoms with Crippen molar-refractivity contribution < 1.29 is 14.7 Å². The van der Waals surface area contributed by atoms with E-state index in [0.717, 1.165) is 5.75 Å². The van der Waals surface area contributed by atoms with E-state index in [1.807, 2.05) is 0 Å². The van der Waals surface area contributed by atoms with Gasteiger partial charge in [-0.05, 0) is 0 Å². The summed E-state index contributed by atoms with van der Waals surface area (Å²) in [6.45, 7) is 2.65.